The SMILES string of the molecule is CN1C2CCC1CC(C(=O)CCCCC#N)C2. The van der Waals surface area contributed by atoms with Crippen LogP contribution in [0.5, 0.6) is 0 Å². The van der Waals surface area contributed by atoms with E-state index in [9.17, 15) is 4.79 Å². The van der Waals surface area contributed by atoms with Crippen molar-refractivity contribution >= 4 is 5.78 Å². The molecule has 0 radical (unpaired) electrons. The number of nitriles is 1. The summed E-state index contributed by atoms with van der Waals surface area (Å²) in [5, 5.41) is 8.45. The van der Waals surface area contributed by atoms with Gasteiger partial charge in [-0.25, -0.2) is 0 Å². The van der Waals surface area contributed by atoms with Crippen LogP contribution in [0.15, 0.2) is 0 Å². The molecule has 2 aliphatic rings. The summed E-state index contributed by atoms with van der Waals surface area (Å²) < 4.78 is 0. The molecule has 0 amide bonds. The number of piperidine rings is 1. The van der Waals surface area contributed by atoms with Gasteiger partial charge in [-0.1, -0.05) is 0 Å². The maximum atomic E-state index is 12.1. The minimum absolute atomic E-state index is 0.311. The number of ketones is 1. The van der Waals surface area contributed by atoms with Gasteiger partial charge >= 0.3 is 0 Å². The Morgan fingerprint density at radius 3 is 2.53 bits per heavy atom. The molecule has 2 bridgehead atoms. The van der Waals surface area contributed by atoms with Crippen LogP contribution in [0.2, 0.25) is 0 Å². The van der Waals surface area contributed by atoms with E-state index in [-0.39, 0.29) is 0 Å². The molecular weight excluding hydrogens is 212 g/mol. The van der Waals surface area contributed by atoms with Crippen LogP contribution in [0.4, 0.5) is 0 Å². The molecule has 0 spiro atoms. The molecule has 2 saturated heterocycles. The van der Waals surface area contributed by atoms with Crippen molar-refractivity contribution in [2.75, 3.05) is 7.05 Å². The Morgan fingerprint density at radius 1 is 1.29 bits per heavy atom. The highest BCUT2D eigenvalue weighted by Crippen LogP contribution is 2.38. The van der Waals surface area contributed by atoms with E-state index in [0.717, 1.165) is 25.7 Å². The summed E-state index contributed by atoms with van der Waals surface area (Å²) in [7, 11) is 2.20. The highest BCUT2D eigenvalue weighted by Gasteiger charge is 2.40. The van der Waals surface area contributed by atoms with Crippen LogP contribution in [-0.4, -0.2) is 29.8 Å². The average molecular weight is 234 g/mol. The van der Waals surface area contributed by atoms with Gasteiger partial charge in [-0.2, -0.15) is 5.26 Å². The largest absolute Gasteiger partial charge is 0.300 e. The minimum Gasteiger partial charge on any atom is -0.300 e. The van der Waals surface area contributed by atoms with E-state index in [4.69, 9.17) is 5.26 Å². The van der Waals surface area contributed by atoms with Crippen molar-refractivity contribution in [1.29, 1.82) is 5.26 Å². The van der Waals surface area contributed by atoms with Gasteiger partial charge in [0.1, 0.15) is 5.78 Å². The molecule has 3 nitrogen and oxygen atoms in total. The van der Waals surface area contributed by atoms with E-state index in [1.54, 1.807) is 0 Å². The molecule has 3 heteroatoms. The molecule has 2 atom stereocenters. The molecule has 0 N–H and O–H groups in total. The van der Waals surface area contributed by atoms with Gasteiger partial charge in [0.05, 0.1) is 6.07 Å². The Bertz CT molecular complexity index is 307. The second kappa shape index (κ2) is 5.64. The Kier molecular flexibility index (Phi) is 4.17. The first-order chi connectivity index (χ1) is 8.22. The third-order valence-corrected chi connectivity index (χ3v) is 4.52. The van der Waals surface area contributed by atoms with Crippen LogP contribution in [0, 0.1) is 17.2 Å². The minimum atomic E-state index is 0.311. The summed E-state index contributed by atoms with van der Waals surface area (Å²) in [6.07, 6.45) is 7.75. The summed E-state index contributed by atoms with van der Waals surface area (Å²) in [5.74, 6) is 0.763. The topological polar surface area (TPSA) is 44.1 Å². The van der Waals surface area contributed by atoms with Gasteiger partial charge in [0.25, 0.3) is 0 Å². The van der Waals surface area contributed by atoms with Crippen molar-refractivity contribution in [1.82, 2.24) is 4.90 Å². The molecule has 0 aromatic rings. The first-order valence-electron chi connectivity index (χ1n) is 6.84. The highest BCUT2D eigenvalue weighted by atomic mass is 16.1. The van der Waals surface area contributed by atoms with Crippen LogP contribution in [-0.2, 0) is 4.79 Å². The molecular formula is C14H22N2O. The molecule has 0 saturated carbocycles. The second-order valence-corrected chi connectivity index (χ2v) is 5.55. The average Bonchev–Trinajstić information content (AvgIpc) is 2.57. The molecule has 17 heavy (non-hydrogen) atoms. The number of rotatable bonds is 5. The lowest BCUT2D eigenvalue weighted by molar-refractivity contribution is -0.125. The fourth-order valence-corrected chi connectivity index (χ4v) is 3.38. The number of nitrogens with zero attached hydrogens (tertiary/aromatic N) is 2. The van der Waals surface area contributed by atoms with Gasteiger partial charge in [-0.15, -0.1) is 0 Å². The van der Waals surface area contributed by atoms with E-state index in [1.807, 2.05) is 0 Å². The fraction of sp³-hybridized carbons (Fsp3) is 0.857. The lowest BCUT2D eigenvalue weighted by Gasteiger charge is -2.35. The van der Waals surface area contributed by atoms with E-state index in [0.29, 0.717) is 36.6 Å². The molecule has 0 aliphatic carbocycles. The molecule has 2 aliphatic heterocycles. The molecule has 2 unspecified atom stereocenters. The van der Waals surface area contributed by atoms with Crippen LogP contribution in [0.1, 0.15) is 51.4 Å². The number of fused-ring (bicyclic) bond motifs is 2. The van der Waals surface area contributed by atoms with Gasteiger partial charge < -0.3 is 4.90 Å². The van der Waals surface area contributed by atoms with Crippen LogP contribution in [0.3, 0.4) is 0 Å². The maximum absolute atomic E-state index is 12.1. The predicted octanol–water partition coefficient (Wildman–Crippen LogP) is 2.51. The molecule has 94 valence electrons. The van der Waals surface area contributed by atoms with Crippen LogP contribution in [0.25, 0.3) is 0 Å². The number of hydrogen-bond donors (Lipinski definition) is 0. The smallest absolute Gasteiger partial charge is 0.136 e. The third-order valence-electron chi connectivity index (χ3n) is 4.52. The standard InChI is InChI=1S/C14H22N2O/c1-16-12-6-7-13(16)10-11(9-12)14(17)5-3-2-4-8-15/h11-13H,2-7,9-10H2,1H3. The monoisotopic (exact) mass is 234 g/mol. The zero-order valence-corrected chi connectivity index (χ0v) is 10.7. The van der Waals surface area contributed by atoms with Crippen LogP contribution < -0.4 is 0 Å². The number of carbonyl (C=O) groups excluding carboxylic acids is 1. The Labute approximate surface area is 104 Å². The van der Waals surface area contributed by atoms with Crippen molar-refractivity contribution in [3.8, 4) is 6.07 Å². The van der Waals surface area contributed by atoms with E-state index >= 15 is 0 Å². The number of unbranched alkanes of at least 4 members (excludes halogenated alkanes) is 2. The normalized spacial score (nSPS) is 32.4. The predicted molar refractivity (Wildman–Crippen MR) is 66.4 cm³/mol. The lowest BCUT2D eigenvalue weighted by atomic mass is 9.86. The zero-order chi connectivity index (χ0) is 12.3. The zero-order valence-electron chi connectivity index (χ0n) is 10.7. The Balaban J connectivity index is 1.76. The van der Waals surface area contributed by atoms with Crippen molar-refractivity contribution < 1.29 is 4.79 Å². The summed E-state index contributed by atoms with van der Waals surface area (Å²) in [6.45, 7) is 0. The third kappa shape index (κ3) is 2.87. The van der Waals surface area contributed by atoms with Gasteiger partial charge in [0, 0.05) is 30.8 Å². The first kappa shape index (κ1) is 12.6. The van der Waals surface area contributed by atoms with Crippen molar-refractivity contribution in [2.24, 2.45) is 5.92 Å². The molecule has 2 rings (SSSR count). The first-order valence-corrected chi connectivity index (χ1v) is 6.84. The molecule has 2 heterocycles. The van der Waals surface area contributed by atoms with Gasteiger partial charge in [0.2, 0.25) is 0 Å². The quantitative estimate of drug-likeness (QED) is 0.686. The van der Waals surface area contributed by atoms with Gasteiger partial charge in [-0.05, 0) is 45.6 Å². The summed E-state index contributed by atoms with van der Waals surface area (Å²) >= 11 is 0. The maximum Gasteiger partial charge on any atom is 0.136 e. The summed E-state index contributed by atoms with van der Waals surface area (Å²) in [4.78, 5) is 14.6. The van der Waals surface area contributed by atoms with Gasteiger partial charge in [0.15, 0.2) is 0 Å². The molecule has 2 fully saturated rings. The van der Waals surface area contributed by atoms with Gasteiger partial charge in [-0.3, -0.25) is 4.79 Å². The number of hydrogen-bond acceptors (Lipinski definition) is 3. The van der Waals surface area contributed by atoms with E-state index in [2.05, 4.69) is 18.0 Å². The fourth-order valence-electron chi connectivity index (χ4n) is 3.38. The number of carbonyl (C=O) groups is 1. The molecule has 0 aromatic heterocycles. The van der Waals surface area contributed by atoms with Crippen molar-refractivity contribution in [3.63, 3.8) is 0 Å². The summed E-state index contributed by atoms with van der Waals surface area (Å²) in [5.41, 5.74) is 0. The van der Waals surface area contributed by atoms with Crippen molar-refractivity contribution in [3.05, 3.63) is 0 Å². The number of Topliss-reactive ketones (excluding diaryl/α,β-unsaturated/α-hetero) is 1. The lowest BCUT2D eigenvalue weighted by Crippen LogP contribution is -2.42. The molecule has 0 aromatic carbocycles. The van der Waals surface area contributed by atoms with E-state index < -0.39 is 0 Å². The van der Waals surface area contributed by atoms with E-state index in [1.165, 1.54) is 12.8 Å². The second-order valence-electron chi connectivity index (χ2n) is 5.55. The van der Waals surface area contributed by atoms with Crippen molar-refractivity contribution in [2.45, 2.75) is 63.5 Å². The Morgan fingerprint density at radius 2 is 1.94 bits per heavy atom. The summed E-state index contributed by atoms with van der Waals surface area (Å²) in [6, 6.07) is 3.44. The van der Waals surface area contributed by atoms with Crippen LogP contribution >= 0.6 is 0 Å². The Hall–Kier alpha value is -0.880. The highest BCUT2D eigenvalue weighted by molar-refractivity contribution is 5.81.